The maximum atomic E-state index is 11.7. The van der Waals surface area contributed by atoms with E-state index in [0.29, 0.717) is 11.9 Å². The van der Waals surface area contributed by atoms with Gasteiger partial charge < -0.3 is 15.5 Å². The highest BCUT2D eigenvalue weighted by atomic mass is 127. The van der Waals surface area contributed by atoms with Gasteiger partial charge in [-0.15, -0.1) is 35.3 Å². The molecule has 2 aliphatic rings. The largest absolute Gasteiger partial charge is 0.357 e. The van der Waals surface area contributed by atoms with E-state index in [4.69, 9.17) is 4.99 Å². The lowest BCUT2D eigenvalue weighted by atomic mass is 10.1. The molecule has 2 aliphatic heterocycles. The van der Waals surface area contributed by atoms with Crippen LogP contribution < -0.4 is 10.6 Å². The van der Waals surface area contributed by atoms with E-state index in [1.165, 1.54) is 5.56 Å². The second kappa shape index (κ2) is 12.0. The molecule has 28 heavy (non-hydrogen) atoms. The predicted octanol–water partition coefficient (Wildman–Crippen LogP) is 2.68. The van der Waals surface area contributed by atoms with Crippen molar-refractivity contribution >= 4 is 47.2 Å². The quantitative estimate of drug-likeness (QED) is 0.240. The van der Waals surface area contributed by atoms with Crippen LogP contribution >= 0.6 is 35.3 Å². The fourth-order valence-corrected chi connectivity index (χ4v) is 4.63. The molecule has 2 N–H and O–H groups in total. The third-order valence-electron chi connectivity index (χ3n) is 5.39. The van der Waals surface area contributed by atoms with Gasteiger partial charge in [0, 0.05) is 56.6 Å². The molecule has 1 fully saturated rings. The molecule has 6 nitrogen and oxygen atoms in total. The van der Waals surface area contributed by atoms with Crippen molar-refractivity contribution in [3.63, 3.8) is 0 Å². The smallest absolute Gasteiger partial charge is 0.222 e. The summed E-state index contributed by atoms with van der Waals surface area (Å²) in [6, 6.07) is 2.69. The van der Waals surface area contributed by atoms with E-state index >= 15 is 0 Å². The Bertz CT molecular complexity index is 650. The van der Waals surface area contributed by atoms with Gasteiger partial charge in [0.15, 0.2) is 5.96 Å². The number of nitrogens with one attached hydrogen (secondary N) is 2. The molecule has 1 aromatic heterocycles. The number of amides is 1. The summed E-state index contributed by atoms with van der Waals surface area (Å²) >= 11 is 1.89. The molecule has 1 aromatic rings. The van der Waals surface area contributed by atoms with E-state index in [1.807, 2.05) is 16.2 Å². The van der Waals surface area contributed by atoms with Gasteiger partial charge >= 0.3 is 0 Å². The summed E-state index contributed by atoms with van der Waals surface area (Å²) in [4.78, 5) is 22.5. The summed E-state index contributed by atoms with van der Waals surface area (Å²) in [5, 5.41) is 8.95. The van der Waals surface area contributed by atoms with Crippen molar-refractivity contribution in [2.24, 2.45) is 4.99 Å². The maximum Gasteiger partial charge on any atom is 0.222 e. The molecule has 3 heterocycles. The van der Waals surface area contributed by atoms with E-state index in [1.54, 1.807) is 4.88 Å². The van der Waals surface area contributed by atoms with Crippen molar-refractivity contribution in [1.82, 2.24) is 20.4 Å². The Hall–Kier alpha value is -0.870. The molecular weight excluding hydrogens is 485 g/mol. The Kier molecular flexibility index (Phi) is 10.0. The first kappa shape index (κ1) is 23.4. The van der Waals surface area contributed by atoms with Crippen LogP contribution in [0.25, 0.3) is 0 Å². The zero-order valence-corrected chi connectivity index (χ0v) is 20.2. The van der Waals surface area contributed by atoms with Crippen LogP contribution in [-0.4, -0.2) is 67.0 Å². The van der Waals surface area contributed by atoms with Gasteiger partial charge in [0.25, 0.3) is 0 Å². The third kappa shape index (κ3) is 6.59. The SMILES string of the molecule is CCNC(=NCC(C)N1CCc2sccc2C1)NCCCN1CCCC1=O.I. The van der Waals surface area contributed by atoms with E-state index in [0.717, 1.165) is 77.5 Å². The van der Waals surface area contributed by atoms with Crippen LogP contribution in [0.4, 0.5) is 0 Å². The molecule has 8 heteroatoms. The minimum Gasteiger partial charge on any atom is -0.357 e. The molecule has 0 bridgehead atoms. The minimum atomic E-state index is 0. The van der Waals surface area contributed by atoms with Gasteiger partial charge in [-0.2, -0.15) is 0 Å². The molecule has 3 rings (SSSR count). The molecular formula is C20H34IN5OS. The summed E-state index contributed by atoms with van der Waals surface area (Å²) in [5.41, 5.74) is 1.49. The number of hydrogen-bond donors (Lipinski definition) is 2. The molecule has 1 unspecified atom stereocenters. The second-order valence-electron chi connectivity index (χ2n) is 7.42. The standard InChI is InChI=1S/C20H33N5OS.HI/c1-3-21-20(22-9-5-11-24-10-4-6-19(24)26)23-14-16(2)25-12-7-18-17(15-25)8-13-27-18;/h8,13,16H,3-7,9-12,14-15H2,1-2H3,(H2,21,22,23);1H. The summed E-state index contributed by atoms with van der Waals surface area (Å²) in [7, 11) is 0. The Morgan fingerprint density at radius 2 is 2.18 bits per heavy atom. The second-order valence-corrected chi connectivity index (χ2v) is 8.42. The van der Waals surface area contributed by atoms with Crippen molar-refractivity contribution in [2.75, 3.05) is 39.3 Å². The maximum absolute atomic E-state index is 11.7. The van der Waals surface area contributed by atoms with Gasteiger partial charge in [-0.1, -0.05) is 0 Å². The molecule has 1 amide bonds. The van der Waals surface area contributed by atoms with Crippen molar-refractivity contribution in [3.05, 3.63) is 21.9 Å². The van der Waals surface area contributed by atoms with Crippen LogP contribution in [0.2, 0.25) is 0 Å². The van der Waals surface area contributed by atoms with Crippen LogP contribution in [0.1, 0.15) is 43.6 Å². The number of aliphatic imine (C=N–C) groups is 1. The lowest BCUT2D eigenvalue weighted by molar-refractivity contribution is -0.127. The number of fused-ring (bicyclic) bond motifs is 1. The zero-order valence-electron chi connectivity index (χ0n) is 17.1. The molecule has 1 atom stereocenters. The van der Waals surface area contributed by atoms with Crippen LogP contribution in [-0.2, 0) is 17.8 Å². The fraction of sp³-hybridized carbons (Fsp3) is 0.700. The molecule has 0 saturated carbocycles. The van der Waals surface area contributed by atoms with E-state index in [-0.39, 0.29) is 24.0 Å². The topological polar surface area (TPSA) is 60.0 Å². The molecule has 0 radical (unpaired) electrons. The first-order valence-corrected chi connectivity index (χ1v) is 11.1. The number of guanidine groups is 1. The number of nitrogens with zero attached hydrogens (tertiary/aromatic N) is 3. The number of hydrogen-bond acceptors (Lipinski definition) is 4. The van der Waals surface area contributed by atoms with Gasteiger partial charge in [0.05, 0.1) is 6.54 Å². The normalized spacial score (nSPS) is 18.6. The van der Waals surface area contributed by atoms with Crippen molar-refractivity contribution in [2.45, 2.75) is 52.1 Å². The van der Waals surface area contributed by atoms with Gasteiger partial charge in [-0.05, 0) is 50.1 Å². The number of carbonyl (C=O) groups is 1. The van der Waals surface area contributed by atoms with E-state index < -0.39 is 0 Å². The predicted molar refractivity (Wildman–Crippen MR) is 128 cm³/mol. The van der Waals surface area contributed by atoms with Gasteiger partial charge in [-0.25, -0.2) is 0 Å². The molecule has 0 aromatic carbocycles. The van der Waals surface area contributed by atoms with Crippen molar-refractivity contribution in [3.8, 4) is 0 Å². The lowest BCUT2D eigenvalue weighted by Gasteiger charge is -2.31. The monoisotopic (exact) mass is 519 g/mol. The summed E-state index contributed by atoms with van der Waals surface area (Å²) in [6.07, 6.45) is 3.85. The highest BCUT2D eigenvalue weighted by Gasteiger charge is 2.21. The molecule has 158 valence electrons. The lowest BCUT2D eigenvalue weighted by Crippen LogP contribution is -2.42. The summed E-state index contributed by atoms with van der Waals surface area (Å²) < 4.78 is 0. The number of halogens is 1. The van der Waals surface area contributed by atoms with Crippen molar-refractivity contribution in [1.29, 1.82) is 0 Å². The first-order valence-electron chi connectivity index (χ1n) is 10.3. The van der Waals surface area contributed by atoms with Crippen LogP contribution in [0.3, 0.4) is 0 Å². The molecule has 1 saturated heterocycles. The molecule has 0 spiro atoms. The number of rotatable bonds is 8. The number of thiophene rings is 1. The Labute approximate surface area is 190 Å². The van der Waals surface area contributed by atoms with Gasteiger partial charge in [-0.3, -0.25) is 14.7 Å². The van der Waals surface area contributed by atoms with Crippen LogP contribution in [0.15, 0.2) is 16.4 Å². The van der Waals surface area contributed by atoms with Crippen molar-refractivity contribution < 1.29 is 4.79 Å². The summed E-state index contributed by atoms with van der Waals surface area (Å²) in [6.45, 7) is 10.8. The highest BCUT2D eigenvalue weighted by Crippen LogP contribution is 2.25. The highest BCUT2D eigenvalue weighted by molar-refractivity contribution is 14.0. The molecule has 0 aliphatic carbocycles. The Morgan fingerprint density at radius 3 is 2.93 bits per heavy atom. The Balaban J connectivity index is 0.00000280. The van der Waals surface area contributed by atoms with Crippen LogP contribution in [0.5, 0.6) is 0 Å². The fourth-order valence-electron chi connectivity index (χ4n) is 3.74. The van der Waals surface area contributed by atoms with Crippen LogP contribution in [0, 0.1) is 0 Å². The number of likely N-dealkylation sites (tertiary alicyclic amines) is 1. The Morgan fingerprint density at radius 1 is 1.32 bits per heavy atom. The minimum absolute atomic E-state index is 0. The summed E-state index contributed by atoms with van der Waals surface area (Å²) in [5.74, 6) is 1.19. The van der Waals surface area contributed by atoms with Gasteiger partial charge in [0.1, 0.15) is 0 Å². The number of carbonyl (C=O) groups excluding carboxylic acids is 1. The average Bonchev–Trinajstić information content (AvgIpc) is 3.30. The van der Waals surface area contributed by atoms with Gasteiger partial charge in [0.2, 0.25) is 5.91 Å². The average molecular weight is 519 g/mol. The van der Waals surface area contributed by atoms with E-state index in [2.05, 4.69) is 40.8 Å². The zero-order chi connectivity index (χ0) is 19.1. The first-order chi connectivity index (χ1) is 13.2. The third-order valence-corrected chi connectivity index (χ3v) is 6.41. The van der Waals surface area contributed by atoms with E-state index in [9.17, 15) is 4.79 Å².